The van der Waals surface area contributed by atoms with Gasteiger partial charge in [-0.15, -0.1) is 0 Å². The molecule has 1 atom stereocenters. The number of hydrogen-bond acceptors (Lipinski definition) is 2. The molecule has 2 nitrogen and oxygen atoms in total. The van der Waals surface area contributed by atoms with Gasteiger partial charge in [0, 0.05) is 11.6 Å². The van der Waals surface area contributed by atoms with Gasteiger partial charge < -0.3 is 5.73 Å². The van der Waals surface area contributed by atoms with Gasteiger partial charge in [0.2, 0.25) is 0 Å². The molecule has 1 unspecified atom stereocenters. The van der Waals surface area contributed by atoms with E-state index in [1.165, 1.54) is 25.7 Å². The Bertz CT molecular complexity index is 492. The van der Waals surface area contributed by atoms with Gasteiger partial charge in [0.05, 0.1) is 0 Å². The summed E-state index contributed by atoms with van der Waals surface area (Å²) in [5.41, 5.74) is 6.92. The van der Waals surface area contributed by atoms with Crippen molar-refractivity contribution in [2.45, 2.75) is 56.5 Å². The highest BCUT2D eigenvalue weighted by Gasteiger charge is 2.45. The van der Waals surface area contributed by atoms with Crippen molar-refractivity contribution in [2.75, 3.05) is 13.1 Å². The molecule has 116 valence electrons. The van der Waals surface area contributed by atoms with Gasteiger partial charge in [-0.05, 0) is 56.8 Å². The Morgan fingerprint density at radius 1 is 1.10 bits per heavy atom. The molecule has 1 aromatic carbocycles. The molecule has 1 aliphatic heterocycles. The van der Waals surface area contributed by atoms with Crippen molar-refractivity contribution in [1.29, 1.82) is 0 Å². The Labute approximate surface area is 125 Å². The van der Waals surface area contributed by atoms with Crippen LogP contribution in [0.4, 0.5) is 8.78 Å². The number of benzene rings is 1. The summed E-state index contributed by atoms with van der Waals surface area (Å²) in [7, 11) is 0. The van der Waals surface area contributed by atoms with Crippen LogP contribution < -0.4 is 5.73 Å². The third-order valence-corrected chi connectivity index (χ3v) is 5.37. The average Bonchev–Trinajstić information content (AvgIpc) is 3.14. The molecule has 2 aliphatic rings. The molecule has 0 amide bonds. The minimum Gasteiger partial charge on any atom is -0.326 e. The van der Waals surface area contributed by atoms with Crippen molar-refractivity contribution >= 4 is 0 Å². The van der Waals surface area contributed by atoms with Gasteiger partial charge in [-0.25, -0.2) is 8.78 Å². The maximum atomic E-state index is 13.9. The lowest BCUT2D eigenvalue weighted by Gasteiger charge is -2.43. The lowest BCUT2D eigenvalue weighted by atomic mass is 9.83. The zero-order valence-electron chi connectivity index (χ0n) is 12.5. The number of rotatable bonds is 4. The molecule has 0 radical (unpaired) electrons. The molecular formula is C17H24F2N2. The normalized spacial score (nSPS) is 23.6. The second-order valence-corrected chi connectivity index (χ2v) is 6.53. The van der Waals surface area contributed by atoms with Crippen molar-refractivity contribution in [1.82, 2.24) is 4.90 Å². The van der Waals surface area contributed by atoms with Crippen molar-refractivity contribution < 1.29 is 8.78 Å². The number of likely N-dealkylation sites (tertiary alicyclic amines) is 1. The summed E-state index contributed by atoms with van der Waals surface area (Å²) in [6, 6.07) is 4.26. The van der Waals surface area contributed by atoms with Gasteiger partial charge in [-0.2, -0.15) is 0 Å². The standard InChI is InChI=1S/C17H24F2N2/c18-14-7-5-6-13(16(14)19)12-15(20)17(8-1-2-9-17)21-10-3-4-11-21/h5-7,15H,1-4,8-12,20H2. The van der Waals surface area contributed by atoms with Crippen LogP contribution in [0.25, 0.3) is 0 Å². The highest BCUT2D eigenvalue weighted by atomic mass is 19.2. The molecule has 1 saturated heterocycles. The SMILES string of the molecule is NC(Cc1cccc(F)c1F)C1(N2CCCC2)CCCC1. The zero-order valence-corrected chi connectivity index (χ0v) is 12.5. The number of nitrogens with two attached hydrogens (primary N) is 1. The maximum absolute atomic E-state index is 13.9. The Morgan fingerprint density at radius 2 is 1.76 bits per heavy atom. The molecule has 0 spiro atoms. The molecule has 0 aromatic heterocycles. The predicted octanol–water partition coefficient (Wildman–Crippen LogP) is 3.24. The van der Waals surface area contributed by atoms with Crippen molar-refractivity contribution in [3.8, 4) is 0 Å². The van der Waals surface area contributed by atoms with E-state index in [-0.39, 0.29) is 11.6 Å². The van der Waals surface area contributed by atoms with E-state index in [9.17, 15) is 8.78 Å². The van der Waals surface area contributed by atoms with Crippen LogP contribution in [-0.4, -0.2) is 29.6 Å². The van der Waals surface area contributed by atoms with E-state index in [0.717, 1.165) is 32.0 Å². The summed E-state index contributed by atoms with van der Waals surface area (Å²) in [5.74, 6) is -1.51. The van der Waals surface area contributed by atoms with Crippen LogP contribution in [-0.2, 0) is 6.42 Å². The fourth-order valence-corrected chi connectivity index (χ4v) is 4.20. The van der Waals surface area contributed by atoms with Crippen LogP contribution in [0.15, 0.2) is 18.2 Å². The van der Waals surface area contributed by atoms with Gasteiger partial charge in [0.15, 0.2) is 11.6 Å². The molecule has 1 heterocycles. The van der Waals surface area contributed by atoms with Crippen LogP contribution in [0.5, 0.6) is 0 Å². The summed E-state index contributed by atoms with van der Waals surface area (Å²) in [4.78, 5) is 2.52. The first-order valence-electron chi connectivity index (χ1n) is 8.07. The number of nitrogens with zero attached hydrogens (tertiary/aromatic N) is 1. The zero-order chi connectivity index (χ0) is 14.9. The second-order valence-electron chi connectivity index (χ2n) is 6.53. The predicted molar refractivity (Wildman–Crippen MR) is 80.0 cm³/mol. The summed E-state index contributed by atoms with van der Waals surface area (Å²) in [6.07, 6.45) is 7.42. The Kier molecular flexibility index (Phi) is 4.27. The smallest absolute Gasteiger partial charge is 0.162 e. The average molecular weight is 294 g/mol. The molecule has 2 N–H and O–H groups in total. The quantitative estimate of drug-likeness (QED) is 0.923. The highest BCUT2D eigenvalue weighted by Crippen LogP contribution is 2.40. The molecule has 0 bridgehead atoms. The van der Waals surface area contributed by atoms with Gasteiger partial charge in [0.1, 0.15) is 0 Å². The van der Waals surface area contributed by atoms with Crippen LogP contribution in [0.1, 0.15) is 44.1 Å². The van der Waals surface area contributed by atoms with Crippen LogP contribution in [0.2, 0.25) is 0 Å². The van der Waals surface area contributed by atoms with E-state index in [0.29, 0.717) is 12.0 Å². The Hall–Kier alpha value is -1.00. The lowest BCUT2D eigenvalue weighted by molar-refractivity contribution is 0.0918. The molecule has 4 heteroatoms. The molecule has 1 saturated carbocycles. The van der Waals surface area contributed by atoms with E-state index >= 15 is 0 Å². The van der Waals surface area contributed by atoms with E-state index in [1.807, 2.05) is 0 Å². The largest absolute Gasteiger partial charge is 0.326 e. The van der Waals surface area contributed by atoms with E-state index < -0.39 is 11.6 Å². The molecule has 2 fully saturated rings. The minimum absolute atomic E-state index is 0.00470. The van der Waals surface area contributed by atoms with Crippen LogP contribution in [0, 0.1) is 11.6 Å². The summed E-state index contributed by atoms with van der Waals surface area (Å²) in [6.45, 7) is 2.19. The van der Waals surface area contributed by atoms with Gasteiger partial charge >= 0.3 is 0 Å². The van der Waals surface area contributed by atoms with E-state index in [2.05, 4.69) is 4.90 Å². The molecule has 21 heavy (non-hydrogen) atoms. The van der Waals surface area contributed by atoms with Gasteiger partial charge in [-0.3, -0.25) is 4.90 Å². The van der Waals surface area contributed by atoms with E-state index in [1.54, 1.807) is 12.1 Å². The molecule has 1 aromatic rings. The summed E-state index contributed by atoms with van der Waals surface area (Å²) < 4.78 is 27.3. The monoisotopic (exact) mass is 294 g/mol. The molecular weight excluding hydrogens is 270 g/mol. The number of hydrogen-bond donors (Lipinski definition) is 1. The summed E-state index contributed by atoms with van der Waals surface area (Å²) in [5, 5.41) is 0. The highest BCUT2D eigenvalue weighted by molar-refractivity contribution is 5.21. The fourth-order valence-electron chi connectivity index (χ4n) is 4.20. The van der Waals surface area contributed by atoms with Crippen molar-refractivity contribution in [3.63, 3.8) is 0 Å². The van der Waals surface area contributed by atoms with Crippen molar-refractivity contribution in [2.24, 2.45) is 5.73 Å². The Morgan fingerprint density at radius 3 is 2.43 bits per heavy atom. The van der Waals surface area contributed by atoms with Crippen LogP contribution in [0.3, 0.4) is 0 Å². The molecule has 1 aliphatic carbocycles. The first-order valence-corrected chi connectivity index (χ1v) is 8.07. The third kappa shape index (κ3) is 2.71. The maximum Gasteiger partial charge on any atom is 0.162 e. The fraction of sp³-hybridized carbons (Fsp3) is 0.647. The van der Waals surface area contributed by atoms with Gasteiger partial charge in [-0.1, -0.05) is 25.0 Å². The second kappa shape index (κ2) is 6.01. The van der Waals surface area contributed by atoms with Gasteiger partial charge in [0.25, 0.3) is 0 Å². The van der Waals surface area contributed by atoms with Crippen molar-refractivity contribution in [3.05, 3.63) is 35.4 Å². The Balaban J connectivity index is 1.81. The first kappa shape index (κ1) is 14.9. The topological polar surface area (TPSA) is 29.3 Å². The lowest BCUT2D eigenvalue weighted by Crippen LogP contribution is -2.58. The third-order valence-electron chi connectivity index (χ3n) is 5.37. The first-order chi connectivity index (χ1) is 10.1. The van der Waals surface area contributed by atoms with Crippen LogP contribution >= 0.6 is 0 Å². The number of halogens is 2. The van der Waals surface area contributed by atoms with E-state index in [4.69, 9.17) is 5.73 Å². The summed E-state index contributed by atoms with van der Waals surface area (Å²) >= 11 is 0. The molecule has 3 rings (SSSR count). The minimum atomic E-state index is -0.777.